The van der Waals surface area contributed by atoms with Gasteiger partial charge in [-0.15, -0.1) is 0 Å². The SMILES string of the molecule is O=S(=O)(c1cnn2c1CCCC2)N1CC(=CBr)C1. The molecule has 0 aromatic carbocycles. The van der Waals surface area contributed by atoms with Crippen molar-refractivity contribution in [2.45, 2.75) is 30.7 Å². The molecule has 3 rings (SSSR count). The van der Waals surface area contributed by atoms with E-state index < -0.39 is 10.0 Å². The van der Waals surface area contributed by atoms with Gasteiger partial charge in [-0.3, -0.25) is 4.68 Å². The van der Waals surface area contributed by atoms with Crippen molar-refractivity contribution in [3.8, 4) is 0 Å². The number of hydrogen-bond acceptors (Lipinski definition) is 3. The average molecular weight is 332 g/mol. The van der Waals surface area contributed by atoms with Crippen molar-refractivity contribution in [2.24, 2.45) is 0 Å². The first kappa shape index (κ1) is 12.4. The second-order valence-electron chi connectivity index (χ2n) is 4.68. The Balaban J connectivity index is 1.93. The van der Waals surface area contributed by atoms with Gasteiger partial charge in [0, 0.05) is 19.6 Å². The van der Waals surface area contributed by atoms with E-state index in [1.54, 1.807) is 4.99 Å². The smallest absolute Gasteiger partial charge is 0.247 e. The third kappa shape index (κ3) is 1.85. The van der Waals surface area contributed by atoms with E-state index in [-0.39, 0.29) is 0 Å². The molecule has 1 fully saturated rings. The van der Waals surface area contributed by atoms with Crippen LogP contribution >= 0.6 is 15.9 Å². The van der Waals surface area contributed by atoms with Crippen LogP contribution in [0.25, 0.3) is 0 Å². The quantitative estimate of drug-likeness (QED) is 0.825. The van der Waals surface area contributed by atoms with Gasteiger partial charge in [-0.25, -0.2) is 8.42 Å². The highest BCUT2D eigenvalue weighted by Gasteiger charge is 2.35. The summed E-state index contributed by atoms with van der Waals surface area (Å²) in [5, 5.41) is 4.19. The minimum absolute atomic E-state index is 0.399. The lowest BCUT2D eigenvalue weighted by Gasteiger charge is -2.32. The fraction of sp³-hybridized carbons (Fsp3) is 0.545. The number of fused-ring (bicyclic) bond motifs is 1. The molecule has 18 heavy (non-hydrogen) atoms. The lowest BCUT2D eigenvalue weighted by atomic mass is 10.1. The maximum absolute atomic E-state index is 12.4. The fourth-order valence-electron chi connectivity index (χ4n) is 2.39. The van der Waals surface area contributed by atoms with Gasteiger partial charge >= 0.3 is 0 Å². The Morgan fingerprint density at radius 2 is 2.11 bits per heavy atom. The van der Waals surface area contributed by atoms with Crippen molar-refractivity contribution in [3.63, 3.8) is 0 Å². The first-order valence-corrected chi connectivity index (χ1v) is 8.31. The van der Waals surface area contributed by atoms with Crippen LogP contribution in [-0.4, -0.2) is 35.6 Å². The third-order valence-corrected chi connectivity index (χ3v) is 5.96. The number of sulfonamides is 1. The van der Waals surface area contributed by atoms with E-state index in [4.69, 9.17) is 0 Å². The first-order valence-electron chi connectivity index (χ1n) is 5.96. The molecule has 0 spiro atoms. The van der Waals surface area contributed by atoms with Crippen molar-refractivity contribution < 1.29 is 8.42 Å². The van der Waals surface area contributed by atoms with Crippen LogP contribution in [0.1, 0.15) is 18.5 Å². The molecule has 0 N–H and O–H groups in total. The lowest BCUT2D eigenvalue weighted by molar-refractivity contribution is 0.391. The molecule has 0 saturated carbocycles. The number of rotatable bonds is 2. The maximum atomic E-state index is 12.4. The molecule has 2 aliphatic rings. The molecule has 1 saturated heterocycles. The molecule has 1 aromatic heterocycles. The highest BCUT2D eigenvalue weighted by Crippen LogP contribution is 2.29. The second kappa shape index (κ2) is 4.47. The number of nitrogens with zero attached hydrogens (tertiary/aromatic N) is 3. The highest BCUT2D eigenvalue weighted by atomic mass is 79.9. The van der Waals surface area contributed by atoms with Gasteiger partial charge in [0.2, 0.25) is 10.0 Å². The van der Waals surface area contributed by atoms with Gasteiger partial charge in [0.1, 0.15) is 4.90 Å². The van der Waals surface area contributed by atoms with Crippen molar-refractivity contribution >= 4 is 26.0 Å². The van der Waals surface area contributed by atoms with Crippen LogP contribution in [0.5, 0.6) is 0 Å². The minimum Gasteiger partial charge on any atom is -0.268 e. The summed E-state index contributed by atoms with van der Waals surface area (Å²) in [6.45, 7) is 1.80. The van der Waals surface area contributed by atoms with Crippen LogP contribution in [0, 0.1) is 0 Å². The summed E-state index contributed by atoms with van der Waals surface area (Å²) in [6, 6.07) is 0. The Morgan fingerprint density at radius 1 is 1.33 bits per heavy atom. The second-order valence-corrected chi connectivity index (χ2v) is 7.04. The average Bonchev–Trinajstić information content (AvgIpc) is 2.71. The molecule has 0 bridgehead atoms. The van der Waals surface area contributed by atoms with E-state index in [1.165, 1.54) is 10.5 Å². The topological polar surface area (TPSA) is 55.2 Å². The monoisotopic (exact) mass is 331 g/mol. The molecule has 5 nitrogen and oxygen atoms in total. The zero-order chi connectivity index (χ0) is 12.8. The molecule has 2 aliphatic heterocycles. The Bertz CT molecular complexity index is 598. The van der Waals surface area contributed by atoms with Gasteiger partial charge < -0.3 is 0 Å². The lowest BCUT2D eigenvalue weighted by Crippen LogP contribution is -2.44. The molecule has 0 atom stereocenters. The summed E-state index contributed by atoms with van der Waals surface area (Å²) in [6.07, 6.45) is 4.44. The van der Waals surface area contributed by atoms with Crippen LogP contribution in [0.15, 0.2) is 21.7 Å². The van der Waals surface area contributed by atoms with Crippen LogP contribution in [0.3, 0.4) is 0 Å². The van der Waals surface area contributed by atoms with Crippen molar-refractivity contribution in [1.82, 2.24) is 14.1 Å². The van der Waals surface area contributed by atoms with E-state index >= 15 is 0 Å². The largest absolute Gasteiger partial charge is 0.268 e. The number of halogens is 1. The molecular formula is C11H14BrN3O2S. The minimum atomic E-state index is -3.36. The molecule has 98 valence electrons. The van der Waals surface area contributed by atoms with Gasteiger partial charge in [-0.1, -0.05) is 15.9 Å². The van der Waals surface area contributed by atoms with Crippen LogP contribution < -0.4 is 0 Å². The predicted molar refractivity (Wildman–Crippen MR) is 70.9 cm³/mol. The first-order chi connectivity index (χ1) is 8.63. The van der Waals surface area contributed by atoms with Gasteiger partial charge in [0.15, 0.2) is 0 Å². The van der Waals surface area contributed by atoms with Gasteiger partial charge in [0.25, 0.3) is 0 Å². The summed E-state index contributed by atoms with van der Waals surface area (Å²) in [4.78, 5) is 2.20. The predicted octanol–water partition coefficient (Wildman–Crippen LogP) is 1.50. The zero-order valence-electron chi connectivity index (χ0n) is 9.84. The van der Waals surface area contributed by atoms with Crippen molar-refractivity contribution in [3.05, 3.63) is 22.4 Å². The molecule has 0 radical (unpaired) electrons. The van der Waals surface area contributed by atoms with Gasteiger partial charge in [0.05, 0.1) is 11.9 Å². The zero-order valence-corrected chi connectivity index (χ0v) is 12.2. The molecular weight excluding hydrogens is 318 g/mol. The molecule has 7 heteroatoms. The van der Waals surface area contributed by atoms with E-state index in [9.17, 15) is 8.42 Å². The van der Waals surface area contributed by atoms with E-state index in [2.05, 4.69) is 21.0 Å². The highest BCUT2D eigenvalue weighted by molar-refractivity contribution is 9.11. The fourth-order valence-corrected chi connectivity index (χ4v) is 4.32. The summed E-state index contributed by atoms with van der Waals surface area (Å²) in [7, 11) is -3.36. The Hall–Kier alpha value is -0.660. The number of hydrogen-bond donors (Lipinski definition) is 0. The van der Waals surface area contributed by atoms with Gasteiger partial charge in [-0.05, 0) is 29.8 Å². The van der Waals surface area contributed by atoms with Crippen molar-refractivity contribution in [2.75, 3.05) is 13.1 Å². The number of aromatic nitrogens is 2. The summed E-state index contributed by atoms with van der Waals surface area (Å²) in [5.74, 6) is 0. The Kier molecular flexibility index (Phi) is 3.07. The van der Waals surface area contributed by atoms with Crippen LogP contribution in [0.4, 0.5) is 0 Å². The Labute approximate surface area is 115 Å². The normalized spacial score (nSPS) is 20.4. The third-order valence-electron chi connectivity index (χ3n) is 3.47. The van der Waals surface area contributed by atoms with Crippen molar-refractivity contribution in [1.29, 1.82) is 0 Å². The van der Waals surface area contributed by atoms with E-state index in [0.29, 0.717) is 18.0 Å². The molecule has 0 unspecified atom stereocenters. The van der Waals surface area contributed by atoms with Crippen LogP contribution in [0.2, 0.25) is 0 Å². The van der Waals surface area contributed by atoms with Crippen LogP contribution in [-0.2, 0) is 23.0 Å². The summed E-state index contributed by atoms with van der Waals surface area (Å²) < 4.78 is 28.2. The molecule has 0 aliphatic carbocycles. The molecule has 0 amide bonds. The Morgan fingerprint density at radius 3 is 2.83 bits per heavy atom. The standard InChI is InChI=1S/C11H14BrN3O2S/c12-5-9-7-14(8-9)18(16,17)11-6-13-15-4-2-1-3-10(11)15/h5-6H,1-4,7-8H2. The van der Waals surface area contributed by atoms with Gasteiger partial charge in [-0.2, -0.15) is 9.40 Å². The number of aryl methyl sites for hydroxylation is 1. The molecule has 3 heterocycles. The molecule has 1 aromatic rings. The maximum Gasteiger partial charge on any atom is 0.247 e. The summed E-state index contributed by atoms with van der Waals surface area (Å²) >= 11 is 3.23. The van der Waals surface area contributed by atoms with E-state index in [0.717, 1.165) is 37.1 Å². The summed E-state index contributed by atoms with van der Waals surface area (Å²) in [5.41, 5.74) is 1.97. The van der Waals surface area contributed by atoms with E-state index in [1.807, 2.05) is 4.68 Å².